The minimum atomic E-state index is -0.347. The predicted octanol–water partition coefficient (Wildman–Crippen LogP) is 3.24. The number of hydrogen-bond donors (Lipinski definition) is 1. The van der Waals surface area contributed by atoms with Gasteiger partial charge in [0.05, 0.1) is 11.1 Å². The Labute approximate surface area is 158 Å². The van der Waals surface area contributed by atoms with E-state index in [-0.39, 0.29) is 36.7 Å². The van der Waals surface area contributed by atoms with E-state index in [4.69, 9.17) is 0 Å². The molecule has 0 fully saturated rings. The minimum absolute atomic E-state index is 0.000216. The summed E-state index contributed by atoms with van der Waals surface area (Å²) in [6, 6.07) is 7.03. The molecule has 1 atom stereocenters. The second kappa shape index (κ2) is 7.49. The largest absolute Gasteiger partial charge is 0.353 e. The molecule has 7 heteroatoms. The Morgan fingerprint density at radius 3 is 2.72 bits per heavy atom. The van der Waals surface area contributed by atoms with Crippen molar-refractivity contribution in [2.24, 2.45) is 0 Å². The van der Waals surface area contributed by atoms with Gasteiger partial charge in [-0.25, -0.2) is 0 Å². The van der Waals surface area contributed by atoms with Crippen LogP contribution in [0, 0.1) is 0 Å². The van der Waals surface area contributed by atoms with Crippen LogP contribution in [0.25, 0.3) is 0 Å². The first-order valence-electron chi connectivity index (χ1n) is 7.92. The number of imide groups is 1. The lowest BCUT2D eigenvalue weighted by atomic mass is 10.1. The number of fused-ring (bicyclic) bond motifs is 1. The molecule has 3 rings (SSSR count). The zero-order valence-electron chi connectivity index (χ0n) is 13.6. The number of benzene rings is 1. The lowest BCUT2D eigenvalue weighted by Gasteiger charge is -2.16. The second-order valence-corrected chi connectivity index (χ2v) is 7.70. The van der Waals surface area contributed by atoms with Crippen LogP contribution in [0.4, 0.5) is 0 Å². The summed E-state index contributed by atoms with van der Waals surface area (Å²) in [7, 11) is 0. The van der Waals surface area contributed by atoms with Gasteiger partial charge in [-0.2, -0.15) is 11.3 Å². The lowest BCUT2D eigenvalue weighted by molar-refractivity contribution is -0.121. The average molecular weight is 421 g/mol. The van der Waals surface area contributed by atoms with Crippen LogP contribution in [0.2, 0.25) is 0 Å². The van der Waals surface area contributed by atoms with Crippen molar-refractivity contribution in [1.82, 2.24) is 10.2 Å². The molecule has 1 aliphatic heterocycles. The summed E-state index contributed by atoms with van der Waals surface area (Å²) in [5.41, 5.74) is 1.95. The van der Waals surface area contributed by atoms with Gasteiger partial charge in [-0.15, -0.1) is 0 Å². The van der Waals surface area contributed by atoms with E-state index in [9.17, 15) is 14.4 Å². The minimum Gasteiger partial charge on any atom is -0.353 e. The monoisotopic (exact) mass is 420 g/mol. The standard InChI is InChI=1S/C18H17BrN2O3S/c1-11(8-12-5-7-25-10-12)20-16(22)4-6-21-17(23)14-3-2-13(19)9-15(14)18(21)24/h2-3,5,7,9-11H,4,6,8H2,1H3,(H,20,22)/t11-/m1/s1. The normalized spacial score (nSPS) is 14.6. The highest BCUT2D eigenvalue weighted by atomic mass is 79.9. The molecule has 1 N–H and O–H groups in total. The van der Waals surface area contributed by atoms with Crippen molar-refractivity contribution in [3.63, 3.8) is 0 Å². The molecule has 0 spiro atoms. The molecule has 1 aromatic heterocycles. The molecule has 0 radical (unpaired) electrons. The van der Waals surface area contributed by atoms with Crippen LogP contribution < -0.4 is 5.32 Å². The molecule has 0 bridgehead atoms. The average Bonchev–Trinajstić information content (AvgIpc) is 3.14. The number of rotatable bonds is 6. The van der Waals surface area contributed by atoms with Gasteiger partial charge in [0.2, 0.25) is 5.91 Å². The van der Waals surface area contributed by atoms with Crippen LogP contribution >= 0.6 is 27.3 Å². The number of carbonyl (C=O) groups excluding carboxylic acids is 3. The number of nitrogens with one attached hydrogen (secondary N) is 1. The zero-order valence-corrected chi connectivity index (χ0v) is 16.0. The highest BCUT2D eigenvalue weighted by Crippen LogP contribution is 2.26. The van der Waals surface area contributed by atoms with E-state index in [0.717, 1.165) is 15.8 Å². The van der Waals surface area contributed by atoms with Crippen molar-refractivity contribution in [2.75, 3.05) is 6.54 Å². The zero-order chi connectivity index (χ0) is 18.0. The van der Waals surface area contributed by atoms with Crippen molar-refractivity contribution in [3.05, 3.63) is 56.2 Å². The van der Waals surface area contributed by atoms with Crippen LogP contribution in [0.3, 0.4) is 0 Å². The Hall–Kier alpha value is -1.99. The Kier molecular flexibility index (Phi) is 5.34. The van der Waals surface area contributed by atoms with Gasteiger partial charge in [0, 0.05) is 23.5 Å². The lowest BCUT2D eigenvalue weighted by Crippen LogP contribution is -2.38. The van der Waals surface area contributed by atoms with Gasteiger partial charge in [0.1, 0.15) is 0 Å². The van der Waals surface area contributed by atoms with Gasteiger partial charge in [0.15, 0.2) is 0 Å². The molecule has 130 valence electrons. The Morgan fingerprint density at radius 2 is 2.00 bits per heavy atom. The van der Waals surface area contributed by atoms with E-state index in [1.807, 2.05) is 18.4 Å². The summed E-state index contributed by atoms with van der Waals surface area (Å²) in [6.45, 7) is 2.02. The Bertz CT molecular complexity index is 820. The fraction of sp³-hybridized carbons (Fsp3) is 0.278. The smallest absolute Gasteiger partial charge is 0.261 e. The van der Waals surface area contributed by atoms with E-state index in [0.29, 0.717) is 11.1 Å². The van der Waals surface area contributed by atoms with Crippen molar-refractivity contribution < 1.29 is 14.4 Å². The third kappa shape index (κ3) is 3.99. The molecule has 1 aromatic carbocycles. The topological polar surface area (TPSA) is 66.5 Å². The first kappa shape index (κ1) is 17.8. The second-order valence-electron chi connectivity index (χ2n) is 6.01. The van der Waals surface area contributed by atoms with Crippen molar-refractivity contribution in [2.45, 2.75) is 25.8 Å². The summed E-state index contributed by atoms with van der Waals surface area (Å²) in [6.07, 6.45) is 0.858. The fourth-order valence-corrected chi connectivity index (χ4v) is 3.88. The third-order valence-electron chi connectivity index (χ3n) is 4.02. The molecule has 0 saturated heterocycles. The van der Waals surface area contributed by atoms with Crippen LogP contribution in [0.1, 0.15) is 39.6 Å². The Balaban J connectivity index is 1.54. The van der Waals surface area contributed by atoms with Gasteiger partial charge >= 0.3 is 0 Å². The van der Waals surface area contributed by atoms with E-state index in [1.165, 1.54) is 5.56 Å². The summed E-state index contributed by atoms with van der Waals surface area (Å²) >= 11 is 4.93. The van der Waals surface area contributed by atoms with E-state index in [2.05, 4.69) is 26.6 Å². The molecule has 0 aliphatic carbocycles. The highest BCUT2D eigenvalue weighted by molar-refractivity contribution is 9.10. The Morgan fingerprint density at radius 1 is 1.24 bits per heavy atom. The molecule has 0 unspecified atom stereocenters. The number of nitrogens with zero attached hydrogens (tertiary/aromatic N) is 1. The predicted molar refractivity (Wildman–Crippen MR) is 99.8 cm³/mol. The number of amides is 3. The SMILES string of the molecule is C[C@H](Cc1ccsc1)NC(=O)CCN1C(=O)c2ccc(Br)cc2C1=O. The van der Waals surface area contributed by atoms with Gasteiger partial charge < -0.3 is 5.32 Å². The maximum Gasteiger partial charge on any atom is 0.261 e. The number of hydrogen-bond acceptors (Lipinski definition) is 4. The number of halogens is 1. The van der Waals surface area contributed by atoms with Crippen molar-refractivity contribution in [3.8, 4) is 0 Å². The molecule has 2 heterocycles. The van der Waals surface area contributed by atoms with Crippen molar-refractivity contribution >= 4 is 45.0 Å². The molecule has 0 saturated carbocycles. The maximum absolute atomic E-state index is 12.4. The first-order valence-corrected chi connectivity index (χ1v) is 9.65. The van der Waals surface area contributed by atoms with Crippen LogP contribution in [-0.4, -0.2) is 35.2 Å². The molecule has 1 aliphatic rings. The highest BCUT2D eigenvalue weighted by Gasteiger charge is 2.35. The first-order chi connectivity index (χ1) is 12.0. The van der Waals surface area contributed by atoms with Crippen LogP contribution in [-0.2, 0) is 11.2 Å². The third-order valence-corrected chi connectivity index (χ3v) is 5.25. The number of carbonyl (C=O) groups is 3. The summed E-state index contributed by atoms with van der Waals surface area (Å²) in [5.74, 6) is -0.854. The summed E-state index contributed by atoms with van der Waals surface area (Å²) in [4.78, 5) is 37.9. The summed E-state index contributed by atoms with van der Waals surface area (Å²) < 4.78 is 0.745. The fourth-order valence-electron chi connectivity index (χ4n) is 2.84. The molecule has 5 nitrogen and oxygen atoms in total. The van der Waals surface area contributed by atoms with Crippen LogP contribution in [0.5, 0.6) is 0 Å². The molecular formula is C18H17BrN2O3S. The number of thiophene rings is 1. The van der Waals surface area contributed by atoms with Gasteiger partial charge in [0.25, 0.3) is 11.8 Å². The molecule has 2 aromatic rings. The van der Waals surface area contributed by atoms with Gasteiger partial charge in [-0.1, -0.05) is 15.9 Å². The molecule has 25 heavy (non-hydrogen) atoms. The quantitative estimate of drug-likeness (QED) is 0.729. The molecular weight excluding hydrogens is 404 g/mol. The van der Waals surface area contributed by atoms with E-state index >= 15 is 0 Å². The van der Waals surface area contributed by atoms with Gasteiger partial charge in [-0.3, -0.25) is 19.3 Å². The van der Waals surface area contributed by atoms with Crippen molar-refractivity contribution in [1.29, 1.82) is 0 Å². The van der Waals surface area contributed by atoms with E-state index < -0.39 is 0 Å². The van der Waals surface area contributed by atoms with E-state index in [1.54, 1.807) is 29.5 Å². The van der Waals surface area contributed by atoms with Gasteiger partial charge in [-0.05, 0) is 53.9 Å². The molecule has 3 amide bonds. The maximum atomic E-state index is 12.4. The summed E-state index contributed by atoms with van der Waals surface area (Å²) in [5, 5.41) is 6.97. The van der Waals surface area contributed by atoms with Crippen LogP contribution in [0.15, 0.2) is 39.5 Å².